The second-order valence-electron chi connectivity index (χ2n) is 7.48. The Morgan fingerprint density at radius 3 is 2.55 bits per heavy atom. The lowest BCUT2D eigenvalue weighted by molar-refractivity contribution is 0.122. The molecule has 4 aromatic rings. The van der Waals surface area contributed by atoms with Gasteiger partial charge in [0.05, 0.1) is 18.8 Å². The van der Waals surface area contributed by atoms with Crippen LogP contribution in [0, 0.1) is 11.3 Å². The highest BCUT2D eigenvalue weighted by Gasteiger charge is 2.14. The van der Waals surface area contributed by atoms with Crippen molar-refractivity contribution in [1.82, 2.24) is 9.97 Å². The maximum Gasteiger partial charge on any atom is 0.138 e. The lowest BCUT2D eigenvalue weighted by atomic mass is 10.0. The molecule has 1 fully saturated rings. The van der Waals surface area contributed by atoms with Crippen molar-refractivity contribution in [2.45, 2.75) is 4.90 Å². The lowest BCUT2D eigenvalue weighted by Gasteiger charge is -2.28. The van der Waals surface area contributed by atoms with Gasteiger partial charge in [-0.1, -0.05) is 18.2 Å². The van der Waals surface area contributed by atoms with Gasteiger partial charge in [0, 0.05) is 40.9 Å². The highest BCUT2D eigenvalue weighted by molar-refractivity contribution is 7.98. The Bertz CT molecular complexity index is 1270. The molecule has 2 aromatic carbocycles. The van der Waals surface area contributed by atoms with Gasteiger partial charge in [-0.3, -0.25) is 0 Å². The van der Waals surface area contributed by atoms with Crippen molar-refractivity contribution >= 4 is 28.5 Å². The Labute approximate surface area is 185 Å². The van der Waals surface area contributed by atoms with Crippen LogP contribution in [0.5, 0.6) is 0 Å². The summed E-state index contributed by atoms with van der Waals surface area (Å²) in [6, 6.07) is 21.2. The van der Waals surface area contributed by atoms with Crippen LogP contribution in [-0.2, 0) is 4.74 Å². The van der Waals surface area contributed by atoms with Crippen molar-refractivity contribution in [2.24, 2.45) is 0 Å². The number of hydrogen-bond acceptors (Lipinski definition) is 5. The molecule has 0 atom stereocenters. The van der Waals surface area contributed by atoms with Crippen LogP contribution in [-0.4, -0.2) is 42.5 Å². The molecule has 2 aromatic heterocycles. The summed E-state index contributed by atoms with van der Waals surface area (Å²) in [5, 5.41) is 10.6. The van der Waals surface area contributed by atoms with E-state index in [1.807, 2.05) is 30.7 Å². The SMILES string of the molecule is CSc1ccc(-c2ccnc3[nH]c(-c4ccc(N5CCOCC5)cc4)cc23)cc1C#N. The van der Waals surface area contributed by atoms with E-state index >= 15 is 0 Å². The van der Waals surface area contributed by atoms with E-state index in [1.165, 1.54) is 5.69 Å². The quantitative estimate of drug-likeness (QED) is 0.447. The smallest absolute Gasteiger partial charge is 0.138 e. The normalized spacial score (nSPS) is 14.0. The molecule has 0 amide bonds. The predicted octanol–water partition coefficient (Wildman–Crippen LogP) is 5.33. The van der Waals surface area contributed by atoms with Gasteiger partial charge in [0.2, 0.25) is 0 Å². The van der Waals surface area contributed by atoms with E-state index in [2.05, 4.69) is 57.3 Å². The molecule has 1 saturated heterocycles. The second-order valence-corrected chi connectivity index (χ2v) is 8.33. The summed E-state index contributed by atoms with van der Waals surface area (Å²) in [5.41, 5.74) is 7.01. The summed E-state index contributed by atoms with van der Waals surface area (Å²) in [7, 11) is 0. The number of anilines is 1. The molecule has 6 heteroatoms. The first-order chi connectivity index (χ1) is 15.3. The molecular formula is C25H22N4OS. The molecule has 0 unspecified atom stereocenters. The summed E-state index contributed by atoms with van der Waals surface area (Å²) in [6.45, 7) is 3.42. The molecule has 1 aliphatic heterocycles. The van der Waals surface area contributed by atoms with Crippen molar-refractivity contribution in [3.63, 3.8) is 0 Å². The summed E-state index contributed by atoms with van der Waals surface area (Å²) < 4.78 is 5.45. The summed E-state index contributed by atoms with van der Waals surface area (Å²) in [4.78, 5) is 11.3. The zero-order chi connectivity index (χ0) is 21.2. The number of benzene rings is 2. The highest BCUT2D eigenvalue weighted by atomic mass is 32.2. The van der Waals surface area contributed by atoms with Gasteiger partial charge in [0.15, 0.2) is 0 Å². The number of aromatic amines is 1. The van der Waals surface area contributed by atoms with E-state index < -0.39 is 0 Å². The van der Waals surface area contributed by atoms with Gasteiger partial charge < -0.3 is 14.6 Å². The topological polar surface area (TPSA) is 64.9 Å². The molecule has 0 spiro atoms. The van der Waals surface area contributed by atoms with E-state index in [9.17, 15) is 5.26 Å². The van der Waals surface area contributed by atoms with Crippen molar-refractivity contribution < 1.29 is 4.74 Å². The minimum atomic E-state index is 0.699. The molecule has 0 radical (unpaired) electrons. The first kappa shape index (κ1) is 19.7. The fraction of sp³-hybridized carbons (Fsp3) is 0.200. The third-order valence-corrected chi connectivity index (χ3v) is 6.51. The van der Waals surface area contributed by atoms with Crippen LogP contribution in [0.2, 0.25) is 0 Å². The Morgan fingerprint density at radius 2 is 1.81 bits per heavy atom. The molecule has 1 N–H and O–H groups in total. The maximum atomic E-state index is 9.51. The van der Waals surface area contributed by atoms with Gasteiger partial charge in [0.25, 0.3) is 0 Å². The third-order valence-electron chi connectivity index (χ3n) is 5.72. The van der Waals surface area contributed by atoms with Crippen LogP contribution in [0.25, 0.3) is 33.4 Å². The Balaban J connectivity index is 1.51. The van der Waals surface area contributed by atoms with Gasteiger partial charge in [-0.05, 0) is 59.3 Å². The van der Waals surface area contributed by atoms with Crippen LogP contribution in [0.3, 0.4) is 0 Å². The van der Waals surface area contributed by atoms with E-state index in [0.717, 1.165) is 64.6 Å². The molecule has 3 heterocycles. The van der Waals surface area contributed by atoms with Crippen LogP contribution >= 0.6 is 11.8 Å². The average Bonchev–Trinajstić information content (AvgIpc) is 3.29. The molecule has 5 nitrogen and oxygen atoms in total. The summed E-state index contributed by atoms with van der Waals surface area (Å²) in [5.74, 6) is 0. The highest BCUT2D eigenvalue weighted by Crippen LogP contribution is 2.34. The minimum Gasteiger partial charge on any atom is -0.378 e. The molecule has 0 aliphatic carbocycles. The third kappa shape index (κ3) is 3.78. The van der Waals surface area contributed by atoms with E-state index in [4.69, 9.17) is 4.74 Å². The number of pyridine rings is 1. The molecule has 154 valence electrons. The maximum absolute atomic E-state index is 9.51. The molecule has 0 bridgehead atoms. The van der Waals surface area contributed by atoms with E-state index in [-0.39, 0.29) is 0 Å². The Hall–Kier alpha value is -3.27. The fourth-order valence-corrected chi connectivity index (χ4v) is 4.60. The van der Waals surface area contributed by atoms with Crippen LogP contribution in [0.1, 0.15) is 5.56 Å². The lowest BCUT2D eigenvalue weighted by Crippen LogP contribution is -2.36. The Kier molecular flexibility index (Phi) is 5.37. The number of rotatable bonds is 4. The van der Waals surface area contributed by atoms with E-state index in [1.54, 1.807) is 11.8 Å². The number of H-pyrrole nitrogens is 1. The first-order valence-corrected chi connectivity index (χ1v) is 11.5. The predicted molar refractivity (Wildman–Crippen MR) is 126 cm³/mol. The molecule has 31 heavy (non-hydrogen) atoms. The monoisotopic (exact) mass is 426 g/mol. The number of nitrogens with zero attached hydrogens (tertiary/aromatic N) is 3. The minimum absolute atomic E-state index is 0.699. The van der Waals surface area contributed by atoms with Crippen molar-refractivity contribution in [3.8, 4) is 28.5 Å². The number of nitriles is 1. The first-order valence-electron chi connectivity index (χ1n) is 10.3. The molecule has 5 rings (SSSR count). The number of aromatic nitrogens is 2. The van der Waals surface area contributed by atoms with Crippen molar-refractivity contribution in [3.05, 3.63) is 66.4 Å². The number of hydrogen-bond donors (Lipinski definition) is 1. The Morgan fingerprint density at radius 1 is 1.03 bits per heavy atom. The number of thioether (sulfide) groups is 1. The molecule has 1 aliphatic rings. The van der Waals surface area contributed by atoms with Crippen LogP contribution < -0.4 is 4.90 Å². The number of morpholine rings is 1. The van der Waals surface area contributed by atoms with Crippen LogP contribution in [0.4, 0.5) is 5.69 Å². The number of ether oxygens (including phenoxy) is 1. The summed E-state index contributed by atoms with van der Waals surface area (Å²) >= 11 is 1.59. The van der Waals surface area contributed by atoms with Crippen molar-refractivity contribution in [2.75, 3.05) is 37.5 Å². The van der Waals surface area contributed by atoms with Crippen LogP contribution in [0.15, 0.2) is 65.7 Å². The molecular weight excluding hydrogens is 404 g/mol. The van der Waals surface area contributed by atoms with Gasteiger partial charge in [-0.2, -0.15) is 5.26 Å². The van der Waals surface area contributed by atoms with E-state index in [0.29, 0.717) is 5.56 Å². The van der Waals surface area contributed by atoms with Gasteiger partial charge in [-0.15, -0.1) is 11.8 Å². The average molecular weight is 427 g/mol. The summed E-state index contributed by atoms with van der Waals surface area (Å²) in [6.07, 6.45) is 3.80. The van der Waals surface area contributed by atoms with Gasteiger partial charge in [0.1, 0.15) is 11.7 Å². The van der Waals surface area contributed by atoms with Gasteiger partial charge >= 0.3 is 0 Å². The largest absolute Gasteiger partial charge is 0.378 e. The zero-order valence-electron chi connectivity index (χ0n) is 17.3. The second kappa shape index (κ2) is 8.46. The van der Waals surface area contributed by atoms with Gasteiger partial charge in [-0.25, -0.2) is 4.98 Å². The van der Waals surface area contributed by atoms with Crippen molar-refractivity contribution in [1.29, 1.82) is 5.26 Å². The molecule has 0 saturated carbocycles. The zero-order valence-corrected chi connectivity index (χ0v) is 18.1. The fourth-order valence-electron chi connectivity index (χ4n) is 4.07. The number of nitrogens with one attached hydrogen (secondary N) is 1. The standard InChI is InChI=1S/C25H22N4OS/c1-31-24-7-4-18(14-19(24)16-26)21-8-9-27-25-22(21)15-23(28-25)17-2-5-20(6-3-17)29-10-12-30-13-11-29/h2-9,14-15H,10-13H2,1H3,(H,27,28). The number of fused-ring (bicyclic) bond motifs is 1.